The molecule has 29 heavy (non-hydrogen) atoms. The van der Waals surface area contributed by atoms with Crippen molar-refractivity contribution in [2.24, 2.45) is 0 Å². The van der Waals surface area contributed by atoms with E-state index in [9.17, 15) is 9.59 Å². The van der Waals surface area contributed by atoms with E-state index in [4.69, 9.17) is 4.98 Å². The standard InChI is InChI=1S/C21H25N5O2S/c1-11(2)26-20-17(10-23-26)16(21(28)24-14-5-6-19(27)22-9-14)8-18(25-20)15-7-12(3)29-13(15)4/h7-8,10-11,14H,5-6,9H2,1-4H3,(H,22,27)(H,24,28). The van der Waals surface area contributed by atoms with Gasteiger partial charge in [-0.3, -0.25) is 9.59 Å². The van der Waals surface area contributed by atoms with Crippen LogP contribution >= 0.6 is 11.3 Å². The Labute approximate surface area is 173 Å². The second-order valence-corrected chi connectivity index (χ2v) is 9.28. The Kier molecular flexibility index (Phi) is 5.12. The summed E-state index contributed by atoms with van der Waals surface area (Å²) in [5.41, 5.74) is 3.11. The highest BCUT2D eigenvalue weighted by Gasteiger charge is 2.24. The van der Waals surface area contributed by atoms with Crippen LogP contribution in [-0.2, 0) is 4.79 Å². The van der Waals surface area contributed by atoms with Gasteiger partial charge >= 0.3 is 0 Å². The summed E-state index contributed by atoms with van der Waals surface area (Å²) in [6, 6.07) is 4.03. The maximum atomic E-state index is 13.2. The third kappa shape index (κ3) is 3.76. The minimum absolute atomic E-state index is 0.0330. The number of carbonyl (C=O) groups is 2. The number of piperidine rings is 1. The molecular weight excluding hydrogens is 386 g/mol. The largest absolute Gasteiger partial charge is 0.354 e. The molecular formula is C21H25N5O2S. The first kappa shape index (κ1) is 19.6. The van der Waals surface area contributed by atoms with E-state index in [1.807, 2.05) is 24.6 Å². The van der Waals surface area contributed by atoms with Gasteiger partial charge in [-0.1, -0.05) is 0 Å². The lowest BCUT2D eigenvalue weighted by atomic mass is 10.0. The van der Waals surface area contributed by atoms with Gasteiger partial charge in [-0.25, -0.2) is 9.67 Å². The van der Waals surface area contributed by atoms with Crippen LogP contribution in [0.2, 0.25) is 0 Å². The molecule has 1 aliphatic heterocycles. The second kappa shape index (κ2) is 7.59. The van der Waals surface area contributed by atoms with Gasteiger partial charge in [0.1, 0.15) is 0 Å². The lowest BCUT2D eigenvalue weighted by molar-refractivity contribution is -0.122. The molecule has 1 saturated heterocycles. The first-order valence-corrected chi connectivity index (χ1v) is 10.7. The van der Waals surface area contributed by atoms with Gasteiger partial charge in [0.05, 0.1) is 22.8 Å². The number of nitrogens with one attached hydrogen (secondary N) is 2. The second-order valence-electron chi connectivity index (χ2n) is 7.82. The van der Waals surface area contributed by atoms with Crippen LogP contribution in [0.25, 0.3) is 22.3 Å². The van der Waals surface area contributed by atoms with Crippen LogP contribution in [0.1, 0.15) is 52.8 Å². The number of pyridine rings is 1. The molecule has 1 fully saturated rings. The molecule has 3 aromatic rings. The molecule has 7 nitrogen and oxygen atoms in total. The van der Waals surface area contributed by atoms with Gasteiger partial charge in [-0.15, -0.1) is 11.3 Å². The molecule has 4 heterocycles. The fraction of sp³-hybridized carbons (Fsp3) is 0.429. The number of aromatic nitrogens is 3. The fourth-order valence-electron chi connectivity index (χ4n) is 3.73. The van der Waals surface area contributed by atoms with Crippen molar-refractivity contribution in [1.29, 1.82) is 0 Å². The Hall–Kier alpha value is -2.74. The Bertz CT molecular complexity index is 1090. The van der Waals surface area contributed by atoms with E-state index >= 15 is 0 Å². The smallest absolute Gasteiger partial charge is 0.252 e. The Balaban J connectivity index is 1.78. The van der Waals surface area contributed by atoms with Crippen molar-refractivity contribution >= 4 is 34.2 Å². The topological polar surface area (TPSA) is 88.9 Å². The number of thiophene rings is 1. The Morgan fingerprint density at radius 2 is 2.14 bits per heavy atom. The van der Waals surface area contributed by atoms with Crippen LogP contribution in [0.5, 0.6) is 0 Å². The highest BCUT2D eigenvalue weighted by atomic mass is 32.1. The molecule has 0 spiro atoms. The molecule has 152 valence electrons. The molecule has 0 aliphatic carbocycles. The number of hydrogen-bond acceptors (Lipinski definition) is 5. The van der Waals surface area contributed by atoms with Crippen LogP contribution in [0.4, 0.5) is 0 Å². The molecule has 0 aromatic carbocycles. The number of rotatable bonds is 4. The zero-order chi connectivity index (χ0) is 20.7. The maximum Gasteiger partial charge on any atom is 0.252 e. The van der Waals surface area contributed by atoms with E-state index in [-0.39, 0.29) is 23.9 Å². The minimum atomic E-state index is -0.160. The number of hydrogen-bond donors (Lipinski definition) is 2. The molecule has 0 radical (unpaired) electrons. The van der Waals surface area contributed by atoms with Crippen LogP contribution < -0.4 is 10.6 Å². The van der Waals surface area contributed by atoms with E-state index in [1.165, 1.54) is 9.75 Å². The maximum absolute atomic E-state index is 13.2. The monoisotopic (exact) mass is 411 g/mol. The molecule has 2 N–H and O–H groups in total. The van der Waals surface area contributed by atoms with Crippen molar-refractivity contribution < 1.29 is 9.59 Å². The molecule has 0 bridgehead atoms. The van der Waals surface area contributed by atoms with Crippen LogP contribution in [-0.4, -0.2) is 39.2 Å². The van der Waals surface area contributed by atoms with Gasteiger partial charge in [0, 0.05) is 40.4 Å². The summed E-state index contributed by atoms with van der Waals surface area (Å²) in [5, 5.41) is 11.1. The molecule has 0 saturated carbocycles. The zero-order valence-corrected chi connectivity index (χ0v) is 17.9. The number of fused-ring (bicyclic) bond motifs is 1. The van der Waals surface area contributed by atoms with E-state index < -0.39 is 0 Å². The first-order valence-electron chi connectivity index (χ1n) is 9.86. The quantitative estimate of drug-likeness (QED) is 0.689. The third-order valence-electron chi connectivity index (χ3n) is 5.22. The van der Waals surface area contributed by atoms with E-state index in [0.29, 0.717) is 30.6 Å². The molecule has 1 aliphatic rings. The summed E-state index contributed by atoms with van der Waals surface area (Å²) in [7, 11) is 0. The van der Waals surface area contributed by atoms with Gasteiger partial charge < -0.3 is 10.6 Å². The predicted octanol–water partition coefficient (Wildman–Crippen LogP) is 3.37. The number of nitrogens with zero attached hydrogens (tertiary/aromatic N) is 3. The van der Waals surface area contributed by atoms with Gasteiger partial charge in [0.15, 0.2) is 5.65 Å². The van der Waals surface area contributed by atoms with Crippen molar-refractivity contribution in [1.82, 2.24) is 25.4 Å². The summed E-state index contributed by atoms with van der Waals surface area (Å²) in [6.07, 6.45) is 2.79. The number of amides is 2. The molecule has 2 amide bonds. The van der Waals surface area contributed by atoms with Crippen molar-refractivity contribution in [2.45, 2.75) is 52.6 Å². The van der Waals surface area contributed by atoms with Crippen LogP contribution in [0, 0.1) is 13.8 Å². The van der Waals surface area contributed by atoms with E-state index in [1.54, 1.807) is 17.5 Å². The van der Waals surface area contributed by atoms with Gasteiger partial charge in [0.25, 0.3) is 5.91 Å². The lowest BCUT2D eigenvalue weighted by Crippen LogP contribution is -2.47. The summed E-state index contributed by atoms with van der Waals surface area (Å²) >= 11 is 1.72. The van der Waals surface area contributed by atoms with Crippen molar-refractivity contribution in [2.75, 3.05) is 6.54 Å². The highest BCUT2D eigenvalue weighted by molar-refractivity contribution is 7.12. The van der Waals surface area contributed by atoms with Crippen molar-refractivity contribution in [3.05, 3.63) is 33.6 Å². The Morgan fingerprint density at radius 3 is 2.76 bits per heavy atom. The number of aryl methyl sites for hydroxylation is 2. The zero-order valence-electron chi connectivity index (χ0n) is 17.1. The molecule has 3 aromatic heterocycles. The average molecular weight is 412 g/mol. The summed E-state index contributed by atoms with van der Waals surface area (Å²) in [4.78, 5) is 31.8. The summed E-state index contributed by atoms with van der Waals surface area (Å²) in [5.74, 6) is -0.127. The van der Waals surface area contributed by atoms with Crippen LogP contribution in [0.3, 0.4) is 0 Å². The van der Waals surface area contributed by atoms with Gasteiger partial charge in [-0.05, 0) is 46.2 Å². The minimum Gasteiger partial charge on any atom is -0.354 e. The van der Waals surface area contributed by atoms with E-state index in [0.717, 1.165) is 16.6 Å². The van der Waals surface area contributed by atoms with E-state index in [2.05, 4.69) is 35.6 Å². The van der Waals surface area contributed by atoms with Crippen molar-refractivity contribution in [3.63, 3.8) is 0 Å². The summed E-state index contributed by atoms with van der Waals surface area (Å²) < 4.78 is 1.85. The summed E-state index contributed by atoms with van der Waals surface area (Å²) in [6.45, 7) is 8.70. The Morgan fingerprint density at radius 1 is 1.34 bits per heavy atom. The third-order valence-corrected chi connectivity index (χ3v) is 6.18. The normalized spacial score (nSPS) is 17.0. The lowest BCUT2D eigenvalue weighted by Gasteiger charge is -2.23. The molecule has 8 heteroatoms. The van der Waals surface area contributed by atoms with Gasteiger partial charge in [0.2, 0.25) is 5.91 Å². The SMILES string of the molecule is Cc1cc(-c2cc(C(=O)NC3CCC(=O)NC3)c3cnn(C(C)C)c3n2)c(C)s1. The first-order chi connectivity index (χ1) is 13.8. The van der Waals surface area contributed by atoms with Gasteiger partial charge in [-0.2, -0.15) is 5.10 Å². The highest BCUT2D eigenvalue weighted by Crippen LogP contribution is 2.32. The predicted molar refractivity (Wildman–Crippen MR) is 114 cm³/mol. The van der Waals surface area contributed by atoms with Crippen LogP contribution in [0.15, 0.2) is 18.3 Å². The van der Waals surface area contributed by atoms with Crippen molar-refractivity contribution in [3.8, 4) is 11.3 Å². The fourth-order valence-corrected chi connectivity index (χ4v) is 4.66. The number of carbonyl (C=O) groups excluding carboxylic acids is 2. The molecule has 4 rings (SSSR count). The average Bonchev–Trinajstić information content (AvgIpc) is 3.25. The molecule has 1 unspecified atom stereocenters. The molecule has 1 atom stereocenters.